The third-order valence-corrected chi connectivity index (χ3v) is 20.4. The summed E-state index contributed by atoms with van der Waals surface area (Å²) in [5.41, 5.74) is 0. The van der Waals surface area contributed by atoms with Gasteiger partial charge in [-0.1, -0.05) is 363 Å². The molecule has 19 heteroatoms. The summed E-state index contributed by atoms with van der Waals surface area (Å²) in [4.78, 5) is 73.0. The number of aliphatic hydroxyl groups excluding tert-OH is 1. The average Bonchev–Trinajstić information content (AvgIpc) is 1.02. The van der Waals surface area contributed by atoms with Crippen molar-refractivity contribution in [2.75, 3.05) is 39.6 Å². The standard InChI is InChI=1S/C79H154O17P2/c1-7-9-11-13-15-17-19-21-28-31-37-43-49-55-61-76(81)89-67-74(95-79(84)64-58-52-46-39-33-29-25-23-22-24-27-30-35-41-47-53-59-71(3)4)69-93-97(85,86)91-65-73(80)66-92-98(87,88)94-70-75(68-90-77(82)62-56-50-44-40-34-36-42-48-54-60-72(5)6)96-78(83)63-57-51-45-38-32-26-20-18-16-14-12-10-8-2/h71-75,80H,7-70H2,1-6H3,(H,85,86)(H,87,88)/t73-,74-,75-/m1/s1. The van der Waals surface area contributed by atoms with Gasteiger partial charge in [-0.2, -0.15) is 0 Å². The Balaban J connectivity index is 5.25. The molecule has 0 aliphatic carbocycles. The largest absolute Gasteiger partial charge is 0.472 e. The number of carbonyl (C=O) groups is 4. The molecule has 0 fully saturated rings. The Morgan fingerprint density at radius 3 is 0.694 bits per heavy atom. The molecule has 0 rings (SSSR count). The molecule has 2 unspecified atom stereocenters. The molecule has 0 heterocycles. The Morgan fingerprint density at radius 1 is 0.276 bits per heavy atom. The van der Waals surface area contributed by atoms with Crippen LogP contribution in [0.15, 0.2) is 0 Å². The highest BCUT2D eigenvalue weighted by atomic mass is 31.2. The zero-order chi connectivity index (χ0) is 72.1. The Hall–Kier alpha value is -1.94. The zero-order valence-electron chi connectivity index (χ0n) is 64.1. The number of esters is 4. The minimum absolute atomic E-state index is 0.107. The Morgan fingerprint density at radius 2 is 0.469 bits per heavy atom. The van der Waals surface area contributed by atoms with Crippen LogP contribution >= 0.6 is 15.6 Å². The van der Waals surface area contributed by atoms with Crippen molar-refractivity contribution < 1.29 is 80.2 Å². The summed E-state index contributed by atoms with van der Waals surface area (Å²) in [6.45, 7) is 9.64. The first kappa shape index (κ1) is 96.1. The normalized spacial score (nSPS) is 13.9. The molecule has 0 aliphatic rings. The maximum atomic E-state index is 13.1. The number of aliphatic hydroxyl groups is 1. The van der Waals surface area contributed by atoms with Crippen LogP contribution in [0.1, 0.15) is 414 Å². The lowest BCUT2D eigenvalue weighted by atomic mass is 10.0. The first-order valence-electron chi connectivity index (χ1n) is 41.0. The van der Waals surface area contributed by atoms with E-state index in [-0.39, 0.29) is 25.7 Å². The number of phosphoric ester groups is 2. The minimum atomic E-state index is -4.96. The van der Waals surface area contributed by atoms with E-state index in [1.807, 2.05) is 0 Å². The minimum Gasteiger partial charge on any atom is -0.462 e. The molecule has 0 amide bonds. The van der Waals surface area contributed by atoms with Crippen molar-refractivity contribution in [3.05, 3.63) is 0 Å². The van der Waals surface area contributed by atoms with Gasteiger partial charge < -0.3 is 33.8 Å². The second kappa shape index (κ2) is 70.7. The van der Waals surface area contributed by atoms with Crippen LogP contribution < -0.4 is 0 Å². The first-order valence-corrected chi connectivity index (χ1v) is 44.0. The molecular formula is C79H154O17P2. The van der Waals surface area contributed by atoms with E-state index in [1.165, 1.54) is 231 Å². The van der Waals surface area contributed by atoms with Gasteiger partial charge in [-0.25, -0.2) is 9.13 Å². The monoisotopic (exact) mass is 1440 g/mol. The van der Waals surface area contributed by atoms with Crippen molar-refractivity contribution >= 4 is 39.5 Å². The van der Waals surface area contributed by atoms with Crippen LogP contribution in [0.25, 0.3) is 0 Å². The summed E-state index contributed by atoms with van der Waals surface area (Å²) >= 11 is 0. The van der Waals surface area contributed by atoms with Crippen molar-refractivity contribution in [1.29, 1.82) is 0 Å². The lowest BCUT2D eigenvalue weighted by Crippen LogP contribution is -2.30. The highest BCUT2D eigenvalue weighted by Gasteiger charge is 2.30. The molecule has 0 aromatic carbocycles. The highest BCUT2D eigenvalue weighted by molar-refractivity contribution is 7.47. The topological polar surface area (TPSA) is 237 Å². The summed E-state index contributed by atoms with van der Waals surface area (Å²) in [6, 6.07) is 0. The predicted octanol–water partition coefficient (Wildman–Crippen LogP) is 23.5. The van der Waals surface area contributed by atoms with E-state index in [9.17, 15) is 43.2 Å². The maximum absolute atomic E-state index is 13.1. The fourth-order valence-corrected chi connectivity index (χ4v) is 13.8. The Bertz CT molecular complexity index is 1890. The van der Waals surface area contributed by atoms with Crippen molar-refractivity contribution in [1.82, 2.24) is 0 Å². The molecule has 98 heavy (non-hydrogen) atoms. The molecule has 0 bridgehead atoms. The van der Waals surface area contributed by atoms with Gasteiger partial charge in [0.05, 0.1) is 26.4 Å². The molecule has 3 N–H and O–H groups in total. The number of phosphoric acid groups is 2. The van der Waals surface area contributed by atoms with E-state index in [4.69, 9.17) is 37.0 Å². The fraction of sp³-hybridized carbons (Fsp3) is 0.949. The van der Waals surface area contributed by atoms with Crippen LogP contribution in [0.2, 0.25) is 0 Å². The lowest BCUT2D eigenvalue weighted by Gasteiger charge is -2.21. The molecular weight excluding hydrogens is 1280 g/mol. The van der Waals surface area contributed by atoms with Crippen LogP contribution in [0.5, 0.6) is 0 Å². The predicted molar refractivity (Wildman–Crippen MR) is 400 cm³/mol. The molecule has 0 aromatic heterocycles. The van der Waals surface area contributed by atoms with Gasteiger partial charge in [0.15, 0.2) is 12.2 Å². The summed E-state index contributed by atoms with van der Waals surface area (Å²) in [5, 5.41) is 10.6. The van der Waals surface area contributed by atoms with Crippen LogP contribution in [-0.2, 0) is 65.4 Å². The van der Waals surface area contributed by atoms with Crippen LogP contribution in [0, 0.1) is 11.8 Å². The molecule has 17 nitrogen and oxygen atoms in total. The van der Waals surface area contributed by atoms with Crippen LogP contribution in [0.4, 0.5) is 0 Å². The quantitative estimate of drug-likeness (QED) is 0.0222. The third kappa shape index (κ3) is 72.4. The van der Waals surface area contributed by atoms with Gasteiger partial charge in [-0.05, 0) is 37.5 Å². The van der Waals surface area contributed by atoms with Crippen molar-refractivity contribution in [3.8, 4) is 0 Å². The first-order chi connectivity index (χ1) is 47.4. The van der Waals surface area contributed by atoms with Gasteiger partial charge in [0, 0.05) is 25.7 Å². The van der Waals surface area contributed by atoms with Gasteiger partial charge in [0.2, 0.25) is 0 Å². The van der Waals surface area contributed by atoms with E-state index in [1.54, 1.807) is 0 Å². The molecule has 0 spiro atoms. The van der Waals surface area contributed by atoms with Gasteiger partial charge in [0.25, 0.3) is 0 Å². The van der Waals surface area contributed by atoms with Gasteiger partial charge in [0.1, 0.15) is 19.3 Å². The fourth-order valence-electron chi connectivity index (χ4n) is 12.2. The van der Waals surface area contributed by atoms with Gasteiger partial charge in [-0.15, -0.1) is 0 Å². The zero-order valence-corrected chi connectivity index (χ0v) is 65.9. The van der Waals surface area contributed by atoms with E-state index < -0.39 is 97.5 Å². The summed E-state index contributed by atoms with van der Waals surface area (Å²) in [7, 11) is -9.92. The van der Waals surface area contributed by atoms with Crippen LogP contribution in [-0.4, -0.2) is 96.7 Å². The SMILES string of the molecule is CCCCCCCCCCCCCCCCC(=O)OC[C@H](COP(=O)(O)OC[C@@H](O)COP(=O)(O)OC[C@@H](COC(=O)CCCCCCCCCCCC(C)C)OC(=O)CCCCCCCCCCCCCCC)OC(=O)CCCCCCCCCCCCCCCCCCC(C)C. The third-order valence-electron chi connectivity index (χ3n) is 18.5. The van der Waals surface area contributed by atoms with Crippen LogP contribution in [0.3, 0.4) is 0 Å². The molecule has 0 aliphatic heterocycles. The summed E-state index contributed by atoms with van der Waals surface area (Å²) in [5.74, 6) is -0.555. The Labute approximate surface area is 600 Å². The van der Waals surface area contributed by atoms with Crippen molar-refractivity contribution in [2.24, 2.45) is 11.8 Å². The smallest absolute Gasteiger partial charge is 0.462 e. The molecule has 0 saturated carbocycles. The summed E-state index contributed by atoms with van der Waals surface area (Å²) < 4.78 is 68.7. The molecule has 0 radical (unpaired) electrons. The van der Waals surface area contributed by atoms with E-state index in [0.717, 1.165) is 102 Å². The van der Waals surface area contributed by atoms with E-state index in [2.05, 4.69) is 41.5 Å². The average molecular weight is 1440 g/mol. The number of hydrogen-bond donors (Lipinski definition) is 3. The maximum Gasteiger partial charge on any atom is 0.472 e. The van der Waals surface area contributed by atoms with E-state index in [0.29, 0.717) is 25.7 Å². The summed E-state index contributed by atoms with van der Waals surface area (Å²) in [6.07, 6.45) is 59.5. The van der Waals surface area contributed by atoms with Gasteiger partial charge in [-0.3, -0.25) is 37.3 Å². The molecule has 582 valence electrons. The van der Waals surface area contributed by atoms with Gasteiger partial charge >= 0.3 is 39.5 Å². The molecule has 0 aromatic rings. The highest BCUT2D eigenvalue weighted by Crippen LogP contribution is 2.45. The number of rotatable bonds is 78. The number of unbranched alkanes of at least 4 members (excludes halogenated alkanes) is 48. The Kier molecular flexibility index (Phi) is 69.3. The van der Waals surface area contributed by atoms with Crippen molar-refractivity contribution in [3.63, 3.8) is 0 Å². The lowest BCUT2D eigenvalue weighted by molar-refractivity contribution is -0.161. The number of carbonyl (C=O) groups excluding carboxylic acids is 4. The molecule has 0 saturated heterocycles. The second-order valence-corrected chi connectivity index (χ2v) is 32.3. The second-order valence-electron chi connectivity index (χ2n) is 29.4. The van der Waals surface area contributed by atoms with Crippen molar-refractivity contribution in [2.45, 2.75) is 432 Å². The molecule has 5 atom stereocenters. The number of hydrogen-bond acceptors (Lipinski definition) is 15. The number of ether oxygens (including phenoxy) is 4. The van der Waals surface area contributed by atoms with E-state index >= 15 is 0 Å².